The fraction of sp³-hybridized carbons (Fsp3) is 0.293. The molecule has 5 aromatic carbocycles. The molecule has 5 nitrogen and oxygen atoms in total. The van der Waals surface area contributed by atoms with Crippen LogP contribution in [0.1, 0.15) is 79.1 Å². The second-order valence-electron chi connectivity index (χ2n) is 21.7. The largest absolute Gasteiger partial charge is 0.486 e. The Bertz CT molecular complexity index is 3090. The molecule has 0 aliphatic carbocycles. The Hall–Kier alpha value is -5.46. The average molecular weight is 1050 g/mol. The smallest absolute Gasteiger partial charge is 0.216 e. The zero-order chi connectivity index (χ0) is 45.6. The van der Waals surface area contributed by atoms with Crippen molar-refractivity contribution in [3.05, 3.63) is 163 Å². The van der Waals surface area contributed by atoms with Gasteiger partial charge >= 0.3 is 0 Å². The summed E-state index contributed by atoms with van der Waals surface area (Å²) >= 11 is 0. The molecule has 0 spiro atoms. The van der Waals surface area contributed by atoms with Gasteiger partial charge in [-0.2, -0.15) is 0 Å². The Morgan fingerprint density at radius 3 is 2.05 bits per heavy atom. The van der Waals surface area contributed by atoms with Crippen LogP contribution >= 0.6 is 0 Å². The molecular formula is C58H62IrN4OSi-2. The molecule has 0 saturated heterocycles. The number of imidazole rings is 1. The van der Waals surface area contributed by atoms with Crippen LogP contribution in [-0.4, -0.2) is 27.6 Å². The van der Waals surface area contributed by atoms with Gasteiger partial charge in [0.25, 0.3) is 0 Å². The summed E-state index contributed by atoms with van der Waals surface area (Å²) in [6.07, 6.45) is 4.09. The van der Waals surface area contributed by atoms with Crippen molar-refractivity contribution in [3.8, 4) is 39.5 Å². The molecule has 0 aliphatic heterocycles. The van der Waals surface area contributed by atoms with E-state index >= 15 is 0 Å². The van der Waals surface area contributed by atoms with Crippen molar-refractivity contribution in [2.45, 2.75) is 100 Å². The number of hydrogen-bond acceptors (Lipinski definition) is 4. The molecule has 0 aliphatic rings. The van der Waals surface area contributed by atoms with Gasteiger partial charge in [-0.05, 0) is 87.5 Å². The first-order chi connectivity index (χ1) is 30.2. The van der Waals surface area contributed by atoms with Crippen LogP contribution in [-0.2, 0) is 38.4 Å². The maximum Gasteiger partial charge on any atom is 0.216 e. The molecular weight excluding hydrogens is 989 g/mol. The summed E-state index contributed by atoms with van der Waals surface area (Å²) in [6, 6.07) is 51.3. The van der Waals surface area contributed by atoms with Gasteiger partial charge in [-0.1, -0.05) is 148 Å². The van der Waals surface area contributed by atoms with Crippen molar-refractivity contribution in [2.24, 2.45) is 10.8 Å². The van der Waals surface area contributed by atoms with E-state index in [-0.39, 0.29) is 36.4 Å². The van der Waals surface area contributed by atoms with E-state index in [1.165, 1.54) is 27.4 Å². The van der Waals surface area contributed by atoms with Gasteiger partial charge in [-0.3, -0.25) is 4.98 Å². The number of nitrogens with zero attached hydrogens (tertiary/aromatic N) is 4. The van der Waals surface area contributed by atoms with Gasteiger partial charge in [-0.15, -0.1) is 59.7 Å². The summed E-state index contributed by atoms with van der Waals surface area (Å²) in [5.41, 5.74) is 14.1. The van der Waals surface area contributed by atoms with Crippen LogP contribution in [0.5, 0.6) is 0 Å². The van der Waals surface area contributed by atoms with E-state index in [1.807, 2.05) is 30.3 Å². The van der Waals surface area contributed by atoms with Crippen molar-refractivity contribution in [3.63, 3.8) is 0 Å². The normalized spacial score (nSPS) is 12.3. The van der Waals surface area contributed by atoms with Gasteiger partial charge < -0.3 is 14.0 Å². The van der Waals surface area contributed by atoms with Crippen molar-refractivity contribution in [2.75, 3.05) is 0 Å². The second kappa shape index (κ2) is 18.4. The fourth-order valence-corrected chi connectivity index (χ4v) is 10.1. The van der Waals surface area contributed by atoms with Crippen molar-refractivity contribution in [1.29, 1.82) is 0 Å². The number of para-hydroxylation sites is 2. The molecule has 0 fully saturated rings. The van der Waals surface area contributed by atoms with Gasteiger partial charge in [0.15, 0.2) is 0 Å². The van der Waals surface area contributed by atoms with E-state index in [4.69, 9.17) is 19.4 Å². The van der Waals surface area contributed by atoms with Crippen LogP contribution in [0.25, 0.3) is 72.6 Å². The minimum absolute atomic E-state index is 0. The second-order valence-corrected chi connectivity index (χ2v) is 26.8. The summed E-state index contributed by atoms with van der Waals surface area (Å²) in [7, 11) is -1.37. The third-order valence-electron chi connectivity index (χ3n) is 11.5. The van der Waals surface area contributed by atoms with E-state index in [1.54, 1.807) is 0 Å². The monoisotopic (exact) mass is 1050 g/mol. The van der Waals surface area contributed by atoms with Gasteiger partial charge in [0, 0.05) is 48.6 Å². The third-order valence-corrected chi connectivity index (χ3v) is 13.6. The number of aromatic nitrogens is 4. The first-order valence-corrected chi connectivity index (χ1v) is 26.1. The number of pyridine rings is 2. The predicted molar refractivity (Wildman–Crippen MR) is 272 cm³/mol. The molecule has 0 bridgehead atoms. The van der Waals surface area contributed by atoms with Crippen molar-refractivity contribution >= 4 is 46.4 Å². The van der Waals surface area contributed by atoms with Crippen LogP contribution in [0.3, 0.4) is 0 Å². The summed E-state index contributed by atoms with van der Waals surface area (Å²) < 4.78 is 8.51. The molecule has 0 saturated carbocycles. The Morgan fingerprint density at radius 1 is 0.662 bits per heavy atom. The van der Waals surface area contributed by atoms with E-state index in [2.05, 4.69) is 202 Å². The molecule has 7 heteroatoms. The molecule has 9 rings (SSSR count). The average Bonchev–Trinajstić information content (AvgIpc) is 3.80. The molecule has 0 atom stereocenters. The molecule has 0 N–H and O–H groups in total. The molecule has 4 aromatic heterocycles. The fourth-order valence-electron chi connectivity index (χ4n) is 8.50. The van der Waals surface area contributed by atoms with Gasteiger partial charge in [0.1, 0.15) is 0 Å². The molecule has 0 unspecified atom stereocenters. The van der Waals surface area contributed by atoms with Crippen LogP contribution in [0.15, 0.2) is 138 Å². The summed E-state index contributed by atoms with van der Waals surface area (Å²) in [6.45, 7) is 27.5. The first-order valence-electron chi connectivity index (χ1n) is 22.6. The molecule has 335 valence electrons. The predicted octanol–water partition coefficient (Wildman–Crippen LogP) is 15.0. The SMILES string of the molecule is CC(C)(C)Cc1cc(-c2[c-]cccc2)ncc1[Si](C)(C)C.CC(C)(C)Cc1ccc2c(n1)oc1c[c-]c(-c3nc4ccccc4n3-c3ccc(C(C)(C)C)cc3-c3ccccc3)cc12.[Ir]. The van der Waals surface area contributed by atoms with Crippen molar-refractivity contribution in [1.82, 2.24) is 19.5 Å². The molecule has 0 amide bonds. The topological polar surface area (TPSA) is 56.7 Å². The van der Waals surface area contributed by atoms with E-state index < -0.39 is 8.07 Å². The number of hydrogen-bond donors (Lipinski definition) is 0. The van der Waals surface area contributed by atoms with E-state index in [0.29, 0.717) is 5.71 Å². The summed E-state index contributed by atoms with van der Waals surface area (Å²) in [5, 5.41) is 3.51. The third kappa shape index (κ3) is 10.8. The van der Waals surface area contributed by atoms with Crippen LogP contribution in [0, 0.1) is 23.0 Å². The summed E-state index contributed by atoms with van der Waals surface area (Å²) in [5.74, 6) is 0.843. The zero-order valence-corrected chi connectivity index (χ0v) is 43.5. The zero-order valence-electron chi connectivity index (χ0n) is 40.1. The number of furan rings is 1. The van der Waals surface area contributed by atoms with Crippen LogP contribution in [0.4, 0.5) is 0 Å². The molecule has 9 aromatic rings. The standard InChI is InChI=1S/C39H36N3O.C19H26NSi.Ir/c1-38(2,3)24-28-18-19-29-31-22-26(16-21-35(31)43-37(29)40-28)36-41-32-14-10-11-15-34(32)42(36)33-20-17-27(39(4,5)6)23-30(33)25-12-8-7-9-13-25;1-19(2,3)13-16-12-17(15-10-8-7-9-11-15)20-14-18(16)21(4,5)6;/h7-15,17-23H,24H2,1-6H3;7-10,12,14H,13H2,1-6H3;/q2*-1;. The summed E-state index contributed by atoms with van der Waals surface area (Å²) in [4.78, 5) is 14.8. The number of benzene rings is 5. The Morgan fingerprint density at radius 2 is 1.37 bits per heavy atom. The number of rotatable bonds is 7. The van der Waals surface area contributed by atoms with E-state index in [0.717, 1.165) is 74.3 Å². The molecule has 65 heavy (non-hydrogen) atoms. The Labute approximate surface area is 401 Å². The van der Waals surface area contributed by atoms with Gasteiger partial charge in [-0.25, -0.2) is 4.98 Å². The minimum Gasteiger partial charge on any atom is -0.486 e. The Kier molecular flexibility index (Phi) is 13.5. The first kappa shape index (κ1) is 47.5. The minimum atomic E-state index is -1.37. The molecule has 1 radical (unpaired) electrons. The maximum atomic E-state index is 6.22. The quantitative estimate of drug-likeness (QED) is 0.118. The van der Waals surface area contributed by atoms with Crippen molar-refractivity contribution < 1.29 is 24.5 Å². The molecule has 4 heterocycles. The maximum absolute atomic E-state index is 6.22. The van der Waals surface area contributed by atoms with Crippen LogP contribution in [0.2, 0.25) is 19.6 Å². The van der Waals surface area contributed by atoms with E-state index in [9.17, 15) is 0 Å². The number of fused-ring (bicyclic) bond motifs is 4. The van der Waals surface area contributed by atoms with Gasteiger partial charge in [0.2, 0.25) is 5.71 Å². The van der Waals surface area contributed by atoms with Crippen LogP contribution < -0.4 is 5.19 Å². The van der Waals surface area contributed by atoms with Gasteiger partial charge in [0.05, 0.1) is 30.5 Å². The Balaban J connectivity index is 0.000000242.